The second-order valence-corrected chi connectivity index (χ2v) is 11.4. The van der Waals surface area contributed by atoms with E-state index in [9.17, 15) is 4.79 Å². The van der Waals surface area contributed by atoms with Crippen LogP contribution in [-0.4, -0.2) is 10.9 Å². The molecule has 2 atom stereocenters. The van der Waals surface area contributed by atoms with Gasteiger partial charge in [-0.2, -0.15) is 0 Å². The van der Waals surface area contributed by atoms with Crippen molar-refractivity contribution in [3.8, 4) is 0 Å². The maximum atomic E-state index is 13.3. The first-order chi connectivity index (χ1) is 11.8. The van der Waals surface area contributed by atoms with Crippen LogP contribution >= 0.6 is 27.3 Å². The molecule has 4 aliphatic rings. The van der Waals surface area contributed by atoms with E-state index < -0.39 is 0 Å². The number of hydrogen-bond donors (Lipinski definition) is 1. The van der Waals surface area contributed by atoms with Gasteiger partial charge in [-0.15, -0.1) is 0 Å². The lowest BCUT2D eigenvalue weighted by atomic mass is 9.40. The van der Waals surface area contributed by atoms with Gasteiger partial charge in [0.25, 0.3) is 0 Å². The Bertz CT molecular complexity index is 873. The lowest BCUT2D eigenvalue weighted by Gasteiger charge is -2.64. The molecule has 3 nitrogen and oxygen atoms in total. The SMILES string of the molecule is C[C@]12CC3CC(C(=O)Nc4nc5ccc(Br)cc5s4)(C1)C[C@](C)(C3)C2. The molecule has 0 spiro atoms. The summed E-state index contributed by atoms with van der Waals surface area (Å²) in [4.78, 5) is 18.0. The van der Waals surface area contributed by atoms with Crippen LogP contribution in [0, 0.1) is 22.2 Å². The first-order valence-corrected chi connectivity index (χ1v) is 10.8. The zero-order valence-corrected chi connectivity index (χ0v) is 17.1. The highest BCUT2D eigenvalue weighted by Gasteiger charge is 2.62. The van der Waals surface area contributed by atoms with Crippen LogP contribution in [0.3, 0.4) is 0 Å². The van der Waals surface area contributed by atoms with Gasteiger partial charge in [0.1, 0.15) is 0 Å². The molecule has 25 heavy (non-hydrogen) atoms. The Morgan fingerprint density at radius 3 is 2.60 bits per heavy atom. The summed E-state index contributed by atoms with van der Waals surface area (Å²) < 4.78 is 2.15. The molecular formula is C20H23BrN2OS. The van der Waals surface area contributed by atoms with Crippen LogP contribution in [0.15, 0.2) is 22.7 Å². The van der Waals surface area contributed by atoms with Crippen LogP contribution in [0.2, 0.25) is 0 Å². The molecule has 5 heteroatoms. The fourth-order valence-corrected chi connectivity index (χ4v) is 8.30. The number of fused-ring (bicyclic) bond motifs is 1. The van der Waals surface area contributed by atoms with E-state index >= 15 is 0 Å². The quantitative estimate of drug-likeness (QED) is 0.649. The number of thiazole rings is 1. The minimum absolute atomic E-state index is 0.179. The van der Waals surface area contributed by atoms with Crippen molar-refractivity contribution in [3.05, 3.63) is 22.7 Å². The number of nitrogens with zero attached hydrogens (tertiary/aromatic N) is 1. The number of benzene rings is 1. The standard InChI is InChI=1S/C20H23BrN2OS/c1-18-6-12-7-19(2,9-18)11-20(8-12,10-18)16(24)23-17-22-14-4-3-13(21)5-15(14)25-17/h3-5,12H,6-11H2,1-2H3,(H,22,23,24)/t12?,18-,19-,20?/m1/s1. The van der Waals surface area contributed by atoms with Gasteiger partial charge in [0.2, 0.25) is 5.91 Å². The average molecular weight is 419 g/mol. The molecule has 0 aliphatic heterocycles. The summed E-state index contributed by atoms with van der Waals surface area (Å²) in [5, 5.41) is 3.94. The molecule has 132 valence electrons. The third-order valence-electron chi connectivity index (χ3n) is 6.68. The van der Waals surface area contributed by atoms with Crippen molar-refractivity contribution in [2.24, 2.45) is 22.2 Å². The van der Waals surface area contributed by atoms with Crippen LogP contribution in [0.25, 0.3) is 10.2 Å². The molecule has 1 aromatic carbocycles. The fraction of sp³-hybridized carbons (Fsp3) is 0.600. The van der Waals surface area contributed by atoms with Crippen LogP contribution in [0.4, 0.5) is 5.13 Å². The lowest BCUT2D eigenvalue weighted by molar-refractivity contribution is -0.165. The molecule has 6 rings (SSSR count). The van der Waals surface area contributed by atoms with Gasteiger partial charge >= 0.3 is 0 Å². The number of aromatic nitrogens is 1. The number of nitrogens with one attached hydrogen (secondary N) is 1. The molecule has 1 aromatic heterocycles. The van der Waals surface area contributed by atoms with Gasteiger partial charge in [0, 0.05) is 4.47 Å². The Labute approximate surface area is 160 Å². The van der Waals surface area contributed by atoms with Gasteiger partial charge in [-0.25, -0.2) is 4.98 Å². The Hall–Kier alpha value is -0.940. The maximum absolute atomic E-state index is 13.3. The van der Waals surface area contributed by atoms with Crippen molar-refractivity contribution >= 4 is 48.5 Å². The average Bonchev–Trinajstić information content (AvgIpc) is 2.84. The maximum Gasteiger partial charge on any atom is 0.232 e. The van der Waals surface area contributed by atoms with E-state index in [1.165, 1.54) is 19.3 Å². The number of amides is 1. The van der Waals surface area contributed by atoms with Crippen LogP contribution in [0.1, 0.15) is 52.4 Å². The Balaban J connectivity index is 1.45. The summed E-state index contributed by atoms with van der Waals surface area (Å²) >= 11 is 5.07. The molecule has 4 saturated carbocycles. The lowest BCUT2D eigenvalue weighted by Crippen LogP contribution is -2.58. The number of halogens is 1. The second-order valence-electron chi connectivity index (χ2n) is 9.50. The monoisotopic (exact) mass is 418 g/mol. The smallest absolute Gasteiger partial charge is 0.232 e. The molecule has 4 bridgehead atoms. The third kappa shape index (κ3) is 2.57. The molecule has 1 heterocycles. The summed E-state index contributed by atoms with van der Waals surface area (Å²) in [5.74, 6) is 0.940. The van der Waals surface area contributed by atoms with E-state index in [4.69, 9.17) is 0 Å². The molecule has 4 aliphatic carbocycles. The molecule has 4 fully saturated rings. The van der Waals surface area contributed by atoms with Crippen molar-refractivity contribution in [2.75, 3.05) is 5.32 Å². The topological polar surface area (TPSA) is 42.0 Å². The van der Waals surface area contributed by atoms with Crippen molar-refractivity contribution in [1.82, 2.24) is 4.98 Å². The Morgan fingerprint density at radius 2 is 1.92 bits per heavy atom. The van der Waals surface area contributed by atoms with E-state index in [1.54, 1.807) is 11.3 Å². The Morgan fingerprint density at radius 1 is 1.20 bits per heavy atom. The predicted molar refractivity (Wildman–Crippen MR) is 106 cm³/mol. The van der Waals surface area contributed by atoms with E-state index in [1.807, 2.05) is 12.1 Å². The molecular weight excluding hydrogens is 396 g/mol. The molecule has 0 radical (unpaired) electrons. The number of carbonyl (C=O) groups is 1. The molecule has 1 amide bonds. The van der Waals surface area contributed by atoms with E-state index in [0.717, 1.165) is 45.0 Å². The minimum Gasteiger partial charge on any atom is -0.301 e. The number of hydrogen-bond acceptors (Lipinski definition) is 3. The highest BCUT2D eigenvalue weighted by atomic mass is 79.9. The van der Waals surface area contributed by atoms with Gasteiger partial charge < -0.3 is 5.32 Å². The van der Waals surface area contributed by atoms with Crippen LogP contribution < -0.4 is 5.32 Å². The molecule has 2 aromatic rings. The largest absolute Gasteiger partial charge is 0.301 e. The van der Waals surface area contributed by atoms with Crippen LogP contribution in [-0.2, 0) is 4.79 Å². The predicted octanol–water partition coefficient (Wildman–Crippen LogP) is 5.99. The van der Waals surface area contributed by atoms with Crippen molar-refractivity contribution < 1.29 is 4.79 Å². The first-order valence-electron chi connectivity index (χ1n) is 9.14. The summed E-state index contributed by atoms with van der Waals surface area (Å²) in [6.45, 7) is 4.82. The minimum atomic E-state index is -0.179. The van der Waals surface area contributed by atoms with Crippen molar-refractivity contribution in [2.45, 2.75) is 52.4 Å². The fourth-order valence-electron chi connectivity index (χ4n) is 6.88. The van der Waals surface area contributed by atoms with E-state index in [0.29, 0.717) is 10.8 Å². The second kappa shape index (κ2) is 5.07. The number of anilines is 1. The zero-order chi connectivity index (χ0) is 17.4. The third-order valence-corrected chi connectivity index (χ3v) is 8.11. The van der Waals surface area contributed by atoms with E-state index in [-0.39, 0.29) is 11.3 Å². The summed E-state index contributed by atoms with van der Waals surface area (Å²) in [5.41, 5.74) is 1.47. The summed E-state index contributed by atoms with van der Waals surface area (Å²) in [6, 6.07) is 6.06. The highest BCUT2D eigenvalue weighted by Crippen LogP contribution is 2.69. The number of rotatable bonds is 2. The van der Waals surface area contributed by atoms with Gasteiger partial charge in [-0.1, -0.05) is 41.1 Å². The highest BCUT2D eigenvalue weighted by molar-refractivity contribution is 9.10. The number of carbonyl (C=O) groups excluding carboxylic acids is 1. The molecule has 1 N–H and O–H groups in total. The van der Waals surface area contributed by atoms with Gasteiger partial charge in [-0.3, -0.25) is 4.79 Å². The summed E-state index contributed by atoms with van der Waals surface area (Å²) in [7, 11) is 0. The van der Waals surface area contributed by atoms with Crippen LogP contribution in [0.5, 0.6) is 0 Å². The molecule has 0 saturated heterocycles. The van der Waals surface area contributed by atoms with Crippen molar-refractivity contribution in [3.63, 3.8) is 0 Å². The van der Waals surface area contributed by atoms with Crippen molar-refractivity contribution in [1.29, 1.82) is 0 Å². The van der Waals surface area contributed by atoms with E-state index in [2.05, 4.69) is 46.1 Å². The van der Waals surface area contributed by atoms with Gasteiger partial charge in [0.05, 0.1) is 15.6 Å². The Kier molecular flexibility index (Phi) is 3.29. The normalized spacial score (nSPS) is 39.1. The van der Waals surface area contributed by atoms with Gasteiger partial charge in [-0.05, 0) is 73.5 Å². The summed E-state index contributed by atoms with van der Waals surface area (Å²) in [6.07, 6.45) is 7.09. The molecule has 0 unspecified atom stereocenters. The zero-order valence-electron chi connectivity index (χ0n) is 14.7. The first kappa shape index (κ1) is 16.2. The van der Waals surface area contributed by atoms with Gasteiger partial charge in [0.15, 0.2) is 5.13 Å².